The van der Waals surface area contributed by atoms with Crippen molar-refractivity contribution in [1.29, 1.82) is 0 Å². The van der Waals surface area contributed by atoms with Gasteiger partial charge >= 0.3 is 8.60 Å². The van der Waals surface area contributed by atoms with Gasteiger partial charge in [0.1, 0.15) is 0 Å². The van der Waals surface area contributed by atoms with E-state index in [1.807, 2.05) is 20.8 Å². The van der Waals surface area contributed by atoms with Crippen LogP contribution in [-0.4, -0.2) is 26.0 Å². The predicted octanol–water partition coefficient (Wildman–Crippen LogP) is 1.29. The quantitative estimate of drug-likeness (QED) is 0.501. The van der Waals surface area contributed by atoms with Gasteiger partial charge in [-0.15, -0.1) is 0 Å². The van der Waals surface area contributed by atoms with Crippen LogP contribution in [0.1, 0.15) is 20.8 Å². The summed E-state index contributed by atoms with van der Waals surface area (Å²) in [6, 6.07) is 0. The minimum Gasteiger partial charge on any atom is -0.328 e. The van der Waals surface area contributed by atoms with Gasteiger partial charge in [0.15, 0.2) is 0 Å². The largest absolute Gasteiger partial charge is 0.330 e. The van der Waals surface area contributed by atoms with Gasteiger partial charge in [-0.3, -0.25) is 0 Å². The summed E-state index contributed by atoms with van der Waals surface area (Å²) in [6.07, 6.45) is 0.0349. The van der Waals surface area contributed by atoms with Gasteiger partial charge in [0.2, 0.25) is 0 Å². The molecular weight excluding hydrogens is 150 g/mol. The number of hydrogen-bond donors (Lipinski definition) is 1. The van der Waals surface area contributed by atoms with E-state index >= 15 is 0 Å². The highest BCUT2D eigenvalue weighted by atomic mass is 31.2. The summed E-state index contributed by atoms with van der Waals surface area (Å²) in [5.41, 5.74) is 0. The number of hydrogen-bond acceptors (Lipinski definition) is 3. The molecule has 59 valence electrons. The van der Waals surface area contributed by atoms with Crippen molar-refractivity contribution in [2.45, 2.75) is 26.9 Å². The first-order valence-electron chi connectivity index (χ1n) is 2.95. The molecular formula is C5H13BO3P. The van der Waals surface area contributed by atoms with E-state index in [2.05, 4.69) is 0 Å². The molecule has 0 spiro atoms. The summed E-state index contributed by atoms with van der Waals surface area (Å²) >= 11 is 0. The lowest BCUT2D eigenvalue weighted by atomic mass is 10.5. The van der Waals surface area contributed by atoms with Gasteiger partial charge in [0, 0.05) is 8.41 Å². The Morgan fingerprint density at radius 3 is 2.30 bits per heavy atom. The third-order valence-electron chi connectivity index (χ3n) is 0.541. The Labute approximate surface area is 65.3 Å². The van der Waals surface area contributed by atoms with E-state index in [-0.39, 0.29) is 14.5 Å². The van der Waals surface area contributed by atoms with E-state index in [4.69, 9.17) is 13.9 Å². The Balaban J connectivity index is 0. The average Bonchev–Trinajstić information content (AvgIpc) is 1.63. The third kappa shape index (κ3) is 8.37. The summed E-state index contributed by atoms with van der Waals surface area (Å²) in [4.78, 5) is 8.84. The van der Waals surface area contributed by atoms with Crippen molar-refractivity contribution in [2.24, 2.45) is 0 Å². The summed E-state index contributed by atoms with van der Waals surface area (Å²) in [7, 11) is -1.62. The first-order valence-corrected chi connectivity index (χ1v) is 4.08. The molecule has 3 radical (unpaired) electrons. The molecule has 0 saturated carbocycles. The van der Waals surface area contributed by atoms with Crippen molar-refractivity contribution in [1.82, 2.24) is 0 Å². The van der Waals surface area contributed by atoms with E-state index in [0.717, 1.165) is 0 Å². The van der Waals surface area contributed by atoms with E-state index in [0.29, 0.717) is 6.61 Å². The first kappa shape index (κ1) is 13.0. The predicted molar refractivity (Wildman–Crippen MR) is 42.7 cm³/mol. The molecule has 0 aliphatic rings. The Morgan fingerprint density at radius 2 is 2.00 bits per heavy atom. The fourth-order valence-electron chi connectivity index (χ4n) is 0.321. The molecule has 1 atom stereocenters. The third-order valence-corrected chi connectivity index (χ3v) is 1.62. The Bertz CT molecular complexity index is 71.9. The van der Waals surface area contributed by atoms with Crippen LogP contribution in [-0.2, 0) is 9.05 Å². The van der Waals surface area contributed by atoms with Crippen molar-refractivity contribution in [3.05, 3.63) is 0 Å². The Hall–Kier alpha value is 0.375. The van der Waals surface area contributed by atoms with Gasteiger partial charge in [-0.05, 0) is 20.8 Å². The van der Waals surface area contributed by atoms with Crippen molar-refractivity contribution in [2.75, 3.05) is 6.61 Å². The van der Waals surface area contributed by atoms with Gasteiger partial charge in [-0.2, -0.15) is 0 Å². The molecule has 0 aliphatic heterocycles. The molecule has 0 bridgehead atoms. The highest BCUT2D eigenvalue weighted by Gasteiger charge is 2.06. The van der Waals surface area contributed by atoms with Gasteiger partial charge in [0.25, 0.3) is 0 Å². The maximum Gasteiger partial charge on any atom is 0.330 e. The van der Waals surface area contributed by atoms with Crippen LogP contribution >= 0.6 is 8.60 Å². The van der Waals surface area contributed by atoms with Crippen molar-refractivity contribution in [3.8, 4) is 0 Å². The average molecular weight is 163 g/mol. The van der Waals surface area contributed by atoms with Crippen LogP contribution in [0.25, 0.3) is 0 Å². The molecule has 5 heteroatoms. The summed E-state index contributed by atoms with van der Waals surface area (Å²) in [5.74, 6) is 0. The van der Waals surface area contributed by atoms with Crippen LogP contribution in [0.2, 0.25) is 0 Å². The summed E-state index contributed by atoms with van der Waals surface area (Å²) in [5, 5.41) is 0. The zero-order valence-corrected chi connectivity index (χ0v) is 7.47. The second kappa shape index (κ2) is 7.48. The lowest BCUT2D eigenvalue weighted by Gasteiger charge is -2.10. The molecule has 0 saturated heterocycles. The lowest BCUT2D eigenvalue weighted by Crippen LogP contribution is -1.98. The van der Waals surface area contributed by atoms with Crippen LogP contribution in [0, 0.1) is 0 Å². The normalized spacial score (nSPS) is 12.9. The summed E-state index contributed by atoms with van der Waals surface area (Å²) < 4.78 is 9.64. The smallest absolute Gasteiger partial charge is 0.328 e. The zero-order valence-electron chi connectivity index (χ0n) is 6.57. The van der Waals surface area contributed by atoms with E-state index in [9.17, 15) is 0 Å². The highest BCUT2D eigenvalue weighted by Crippen LogP contribution is 2.33. The van der Waals surface area contributed by atoms with Crippen molar-refractivity contribution < 1.29 is 13.9 Å². The highest BCUT2D eigenvalue weighted by molar-refractivity contribution is 7.40. The number of rotatable bonds is 4. The van der Waals surface area contributed by atoms with Crippen LogP contribution in [0.5, 0.6) is 0 Å². The van der Waals surface area contributed by atoms with Gasteiger partial charge < -0.3 is 13.9 Å². The van der Waals surface area contributed by atoms with Crippen LogP contribution < -0.4 is 0 Å². The molecule has 0 fully saturated rings. The van der Waals surface area contributed by atoms with Crippen LogP contribution in [0.4, 0.5) is 0 Å². The fourth-order valence-corrected chi connectivity index (χ4v) is 0.964. The zero-order chi connectivity index (χ0) is 7.28. The molecule has 3 nitrogen and oxygen atoms in total. The molecule has 0 amide bonds. The molecule has 0 aromatic carbocycles. The second-order valence-electron chi connectivity index (χ2n) is 1.81. The first-order chi connectivity index (χ1) is 4.16. The van der Waals surface area contributed by atoms with Gasteiger partial charge in [-0.25, -0.2) is 0 Å². The maximum absolute atomic E-state index is 8.84. The van der Waals surface area contributed by atoms with Gasteiger partial charge in [0.05, 0.1) is 12.7 Å². The molecule has 0 heterocycles. The SMILES string of the molecule is CCOP(O)OC(C)C.[B]. The van der Waals surface area contributed by atoms with Crippen LogP contribution in [0.15, 0.2) is 0 Å². The molecule has 1 N–H and O–H groups in total. The van der Waals surface area contributed by atoms with Gasteiger partial charge in [-0.1, -0.05) is 0 Å². The minimum atomic E-state index is -1.62. The molecule has 0 aromatic heterocycles. The van der Waals surface area contributed by atoms with Crippen LogP contribution in [0.3, 0.4) is 0 Å². The summed E-state index contributed by atoms with van der Waals surface area (Å²) in [6.45, 7) is 6.01. The molecule has 10 heavy (non-hydrogen) atoms. The minimum absolute atomic E-state index is 0. The standard InChI is InChI=1S/C5H13O3P.B/c1-4-7-9(6)8-5(2)3;/h5-6H,4H2,1-3H3;. The molecule has 0 aliphatic carbocycles. The fraction of sp³-hybridized carbons (Fsp3) is 1.00. The lowest BCUT2D eigenvalue weighted by molar-refractivity contribution is 0.170. The van der Waals surface area contributed by atoms with Crippen molar-refractivity contribution in [3.63, 3.8) is 0 Å². The molecule has 1 unspecified atom stereocenters. The maximum atomic E-state index is 8.84. The monoisotopic (exact) mass is 163 g/mol. The topological polar surface area (TPSA) is 38.7 Å². The Kier molecular flexibility index (Phi) is 9.73. The second-order valence-corrected chi connectivity index (χ2v) is 2.75. The molecule has 0 rings (SSSR count). The van der Waals surface area contributed by atoms with Crippen molar-refractivity contribution >= 4 is 17.0 Å². The van der Waals surface area contributed by atoms with E-state index < -0.39 is 8.60 Å². The van der Waals surface area contributed by atoms with E-state index in [1.165, 1.54) is 0 Å². The van der Waals surface area contributed by atoms with E-state index in [1.54, 1.807) is 0 Å². The Morgan fingerprint density at radius 1 is 1.50 bits per heavy atom. The molecule has 0 aromatic rings.